The smallest absolute Gasteiger partial charge is 0.0885 e. The molecular formula is C20H28N4. The van der Waals surface area contributed by atoms with Gasteiger partial charge < -0.3 is 10.7 Å². The third-order valence-electron chi connectivity index (χ3n) is 6.50. The van der Waals surface area contributed by atoms with Gasteiger partial charge in [-0.25, -0.2) is 0 Å². The number of H-pyrrole nitrogens is 1. The van der Waals surface area contributed by atoms with Gasteiger partial charge >= 0.3 is 0 Å². The number of nitrogens with one attached hydrogen (secondary N) is 1. The van der Waals surface area contributed by atoms with Crippen LogP contribution in [0, 0.1) is 30.6 Å². The first-order valence-electron chi connectivity index (χ1n) is 9.23. The van der Waals surface area contributed by atoms with Gasteiger partial charge in [0.05, 0.1) is 17.6 Å². The maximum Gasteiger partial charge on any atom is 0.0885 e. The zero-order valence-electron chi connectivity index (χ0n) is 14.8. The van der Waals surface area contributed by atoms with E-state index in [-0.39, 0.29) is 0 Å². The van der Waals surface area contributed by atoms with E-state index in [4.69, 9.17) is 10.7 Å². The Labute approximate surface area is 144 Å². The lowest BCUT2D eigenvalue weighted by molar-refractivity contribution is 0.303. The highest BCUT2D eigenvalue weighted by atomic mass is 14.8. The zero-order chi connectivity index (χ0) is 16.8. The number of nitrogens with zero attached hydrogens (tertiary/aromatic N) is 2. The number of nitrogens with two attached hydrogens (primary N) is 1. The van der Waals surface area contributed by atoms with E-state index < -0.39 is 0 Å². The summed E-state index contributed by atoms with van der Waals surface area (Å²) in [5, 5.41) is 0. The molecule has 5 atom stereocenters. The second-order valence-electron chi connectivity index (χ2n) is 8.00. The van der Waals surface area contributed by atoms with E-state index in [0.29, 0.717) is 18.5 Å². The van der Waals surface area contributed by atoms with Crippen molar-refractivity contribution in [1.29, 1.82) is 0 Å². The molecule has 0 aliphatic heterocycles. The lowest BCUT2D eigenvalue weighted by atomic mass is 9.85. The molecule has 2 aliphatic carbocycles. The van der Waals surface area contributed by atoms with Crippen LogP contribution in [0.3, 0.4) is 0 Å². The number of aromatic nitrogens is 2. The van der Waals surface area contributed by atoms with Crippen molar-refractivity contribution in [3.05, 3.63) is 29.1 Å². The van der Waals surface area contributed by atoms with E-state index in [1.165, 1.54) is 25.0 Å². The molecule has 0 saturated heterocycles. The minimum absolute atomic E-state index is 0.396. The number of fused-ring (bicyclic) bond motifs is 2. The number of rotatable bonds is 4. The van der Waals surface area contributed by atoms with Crippen molar-refractivity contribution in [3.8, 4) is 0 Å². The molecule has 24 heavy (non-hydrogen) atoms. The summed E-state index contributed by atoms with van der Waals surface area (Å²) in [6.45, 7) is 8.66. The van der Waals surface area contributed by atoms with Gasteiger partial charge in [0.1, 0.15) is 0 Å². The Balaban J connectivity index is 1.58. The lowest BCUT2D eigenvalue weighted by Gasteiger charge is -2.22. The Hall–Kier alpha value is -1.68. The molecule has 5 unspecified atom stereocenters. The molecule has 4 heteroatoms. The number of hydrogen-bond donors (Lipinski definition) is 2. The van der Waals surface area contributed by atoms with Crippen LogP contribution in [-0.2, 0) is 13.0 Å². The Kier molecular flexibility index (Phi) is 3.95. The van der Waals surface area contributed by atoms with E-state index >= 15 is 0 Å². The highest BCUT2D eigenvalue weighted by Gasteiger charge is 2.47. The Morgan fingerprint density at radius 3 is 3.00 bits per heavy atom. The van der Waals surface area contributed by atoms with E-state index in [1.807, 2.05) is 6.92 Å². The average Bonchev–Trinajstić information content (AvgIpc) is 3.18. The van der Waals surface area contributed by atoms with Crippen LogP contribution < -0.4 is 5.73 Å². The van der Waals surface area contributed by atoms with Gasteiger partial charge in [-0.05, 0) is 80.7 Å². The molecule has 0 amide bonds. The quantitative estimate of drug-likeness (QED) is 0.843. The minimum atomic E-state index is 0.396. The minimum Gasteiger partial charge on any atom is -0.357 e. The zero-order valence-corrected chi connectivity index (χ0v) is 14.8. The number of pyridine rings is 1. The summed E-state index contributed by atoms with van der Waals surface area (Å²) >= 11 is 0. The first-order valence-corrected chi connectivity index (χ1v) is 9.23. The highest BCUT2D eigenvalue weighted by molar-refractivity contribution is 5.77. The van der Waals surface area contributed by atoms with Crippen molar-refractivity contribution < 1.29 is 0 Å². The summed E-state index contributed by atoms with van der Waals surface area (Å²) in [5.74, 6) is 3.08. The van der Waals surface area contributed by atoms with Gasteiger partial charge in [0.25, 0.3) is 0 Å². The van der Waals surface area contributed by atoms with Crippen LogP contribution in [0.15, 0.2) is 17.1 Å². The maximum absolute atomic E-state index is 6.46. The maximum atomic E-state index is 6.46. The number of aromatic amines is 1. The average molecular weight is 324 g/mol. The van der Waals surface area contributed by atoms with E-state index in [9.17, 15) is 0 Å². The lowest BCUT2D eigenvalue weighted by Crippen LogP contribution is -2.30. The van der Waals surface area contributed by atoms with Gasteiger partial charge in [0.15, 0.2) is 0 Å². The van der Waals surface area contributed by atoms with Gasteiger partial charge in [-0.1, -0.05) is 6.92 Å². The molecule has 4 rings (SSSR count). The summed E-state index contributed by atoms with van der Waals surface area (Å²) in [6.07, 6.45) is 4.99. The highest BCUT2D eigenvalue weighted by Crippen LogP contribution is 2.50. The van der Waals surface area contributed by atoms with Crippen LogP contribution in [0.25, 0.3) is 11.0 Å². The molecule has 0 radical (unpaired) electrons. The Bertz CT molecular complexity index is 762. The van der Waals surface area contributed by atoms with E-state index in [2.05, 4.69) is 35.8 Å². The number of hydrogen-bond acceptors (Lipinski definition) is 3. The summed E-state index contributed by atoms with van der Waals surface area (Å²) in [4.78, 5) is 12.3. The summed E-state index contributed by atoms with van der Waals surface area (Å²) < 4.78 is 0. The van der Waals surface area contributed by atoms with Gasteiger partial charge in [0, 0.05) is 17.4 Å². The van der Waals surface area contributed by atoms with Gasteiger partial charge in [-0.2, -0.15) is 0 Å². The van der Waals surface area contributed by atoms with Gasteiger partial charge in [0.2, 0.25) is 0 Å². The predicted molar refractivity (Wildman–Crippen MR) is 99.2 cm³/mol. The van der Waals surface area contributed by atoms with Crippen molar-refractivity contribution in [3.63, 3.8) is 0 Å². The second kappa shape index (κ2) is 5.99. The third-order valence-corrected chi connectivity index (χ3v) is 6.50. The fourth-order valence-corrected chi connectivity index (χ4v) is 5.39. The van der Waals surface area contributed by atoms with Crippen molar-refractivity contribution in [2.75, 3.05) is 0 Å². The first kappa shape index (κ1) is 15.8. The van der Waals surface area contributed by atoms with E-state index in [0.717, 1.165) is 46.5 Å². The summed E-state index contributed by atoms with van der Waals surface area (Å²) in [6, 6.07) is 4.80. The van der Waals surface area contributed by atoms with Crippen molar-refractivity contribution >= 4 is 17.8 Å². The SMILES string of the molecule is C=NCc1cc2[nH]c(CC3CCC4C(C)CC(N)C34)cc2nc1C. The van der Waals surface area contributed by atoms with Crippen LogP contribution in [0.5, 0.6) is 0 Å². The largest absolute Gasteiger partial charge is 0.357 e. The van der Waals surface area contributed by atoms with Crippen LogP contribution >= 0.6 is 0 Å². The molecule has 3 N–H and O–H groups in total. The van der Waals surface area contributed by atoms with Crippen molar-refractivity contribution in [2.24, 2.45) is 34.4 Å². The molecule has 2 aromatic rings. The molecule has 0 aromatic carbocycles. The molecule has 2 aliphatic rings. The number of aryl methyl sites for hydroxylation is 1. The molecule has 2 fully saturated rings. The molecule has 0 bridgehead atoms. The van der Waals surface area contributed by atoms with Crippen LogP contribution in [0.2, 0.25) is 0 Å². The molecule has 4 nitrogen and oxygen atoms in total. The fourth-order valence-electron chi connectivity index (χ4n) is 5.39. The van der Waals surface area contributed by atoms with Crippen molar-refractivity contribution in [2.45, 2.75) is 52.1 Å². The topological polar surface area (TPSA) is 67.1 Å². The Morgan fingerprint density at radius 2 is 2.21 bits per heavy atom. The molecule has 2 heterocycles. The molecule has 128 valence electrons. The monoisotopic (exact) mass is 324 g/mol. The molecule has 2 aromatic heterocycles. The van der Waals surface area contributed by atoms with Crippen LogP contribution in [-0.4, -0.2) is 22.7 Å². The second-order valence-corrected chi connectivity index (χ2v) is 8.00. The summed E-state index contributed by atoms with van der Waals surface area (Å²) in [7, 11) is 0. The summed E-state index contributed by atoms with van der Waals surface area (Å²) in [5.41, 5.74) is 12.2. The first-order chi connectivity index (χ1) is 11.6. The van der Waals surface area contributed by atoms with Gasteiger partial charge in [-0.3, -0.25) is 9.98 Å². The predicted octanol–water partition coefficient (Wildman–Crippen LogP) is 3.62. The normalized spacial score (nSPS) is 32.4. The molecule has 2 saturated carbocycles. The third kappa shape index (κ3) is 2.57. The van der Waals surface area contributed by atoms with Crippen LogP contribution in [0.4, 0.5) is 0 Å². The van der Waals surface area contributed by atoms with E-state index in [1.54, 1.807) is 0 Å². The van der Waals surface area contributed by atoms with Crippen LogP contribution in [0.1, 0.15) is 43.1 Å². The van der Waals surface area contributed by atoms with Gasteiger partial charge in [-0.15, -0.1) is 0 Å². The standard InChI is InChI=1S/C20H28N4/c1-11-6-17(21)20-13(4-5-16(11)20)7-15-9-19-18(24-15)8-14(10-22-3)12(2)23-19/h8-9,11,13,16-17,20,24H,3-7,10,21H2,1-2H3. The Morgan fingerprint density at radius 1 is 1.38 bits per heavy atom. The molecular weight excluding hydrogens is 296 g/mol. The number of aliphatic imine (C=N–C) groups is 1. The van der Waals surface area contributed by atoms with Crippen molar-refractivity contribution in [1.82, 2.24) is 9.97 Å². The molecule has 0 spiro atoms. The fraction of sp³-hybridized carbons (Fsp3) is 0.600.